The standard InChI is InChI=1S/C15H20ClN3O/c1-3-11-15(20)18(2)13-9-17-14(16)8-12(13)19(11)10-6-4-5-7-10/h8-11H,3-7H2,1-2H3/t11-/m1/s1. The number of fused-ring (bicyclic) bond motifs is 1. The highest BCUT2D eigenvalue weighted by Gasteiger charge is 2.39. The topological polar surface area (TPSA) is 36.4 Å². The van der Waals surface area contributed by atoms with E-state index in [1.807, 2.05) is 13.1 Å². The molecule has 1 atom stereocenters. The van der Waals surface area contributed by atoms with Crippen molar-refractivity contribution >= 4 is 28.9 Å². The molecule has 1 aromatic heterocycles. The molecular formula is C15H20ClN3O. The first-order valence-electron chi connectivity index (χ1n) is 7.35. The monoisotopic (exact) mass is 293 g/mol. The number of hydrogen-bond donors (Lipinski definition) is 0. The predicted octanol–water partition coefficient (Wildman–Crippen LogP) is 3.24. The summed E-state index contributed by atoms with van der Waals surface area (Å²) in [6.45, 7) is 2.08. The number of likely N-dealkylation sites (N-methyl/N-ethyl adjacent to an activating group) is 1. The van der Waals surface area contributed by atoms with Crippen LogP contribution in [0.15, 0.2) is 12.3 Å². The molecule has 0 radical (unpaired) electrons. The Bertz CT molecular complexity index is 528. The van der Waals surface area contributed by atoms with E-state index in [9.17, 15) is 4.79 Å². The fourth-order valence-electron chi connectivity index (χ4n) is 3.51. The molecule has 1 aliphatic carbocycles. The van der Waals surface area contributed by atoms with Crippen LogP contribution in [-0.2, 0) is 4.79 Å². The lowest BCUT2D eigenvalue weighted by atomic mass is 10.0. The molecular weight excluding hydrogens is 274 g/mol. The molecule has 108 valence electrons. The van der Waals surface area contributed by atoms with Crippen LogP contribution in [0.2, 0.25) is 5.15 Å². The van der Waals surface area contributed by atoms with E-state index < -0.39 is 0 Å². The number of amides is 1. The molecule has 1 amide bonds. The lowest BCUT2D eigenvalue weighted by Crippen LogP contribution is -2.55. The van der Waals surface area contributed by atoms with E-state index >= 15 is 0 Å². The van der Waals surface area contributed by atoms with E-state index in [-0.39, 0.29) is 11.9 Å². The highest BCUT2D eigenvalue weighted by molar-refractivity contribution is 6.30. The normalized spacial score (nSPS) is 23.4. The summed E-state index contributed by atoms with van der Waals surface area (Å²) in [5, 5.41) is 0.490. The second-order valence-electron chi connectivity index (χ2n) is 5.66. The average molecular weight is 294 g/mol. The Morgan fingerprint density at radius 1 is 1.35 bits per heavy atom. The van der Waals surface area contributed by atoms with Gasteiger partial charge in [-0.05, 0) is 19.3 Å². The summed E-state index contributed by atoms with van der Waals surface area (Å²) >= 11 is 6.08. The first-order chi connectivity index (χ1) is 9.63. The van der Waals surface area contributed by atoms with Crippen molar-refractivity contribution in [1.82, 2.24) is 4.98 Å². The van der Waals surface area contributed by atoms with Gasteiger partial charge < -0.3 is 9.80 Å². The van der Waals surface area contributed by atoms with Gasteiger partial charge in [-0.25, -0.2) is 4.98 Å². The largest absolute Gasteiger partial charge is 0.355 e. The van der Waals surface area contributed by atoms with Crippen LogP contribution in [0.5, 0.6) is 0 Å². The Morgan fingerprint density at radius 2 is 2.05 bits per heavy atom. The van der Waals surface area contributed by atoms with Crippen molar-refractivity contribution in [2.75, 3.05) is 16.8 Å². The van der Waals surface area contributed by atoms with Gasteiger partial charge in [-0.15, -0.1) is 0 Å². The highest BCUT2D eigenvalue weighted by atomic mass is 35.5. The van der Waals surface area contributed by atoms with Crippen molar-refractivity contribution in [2.45, 2.75) is 51.1 Å². The first-order valence-corrected chi connectivity index (χ1v) is 7.72. The number of nitrogens with zero attached hydrogens (tertiary/aromatic N) is 3. The average Bonchev–Trinajstić information content (AvgIpc) is 2.96. The molecule has 5 heteroatoms. The van der Waals surface area contributed by atoms with Crippen LogP contribution < -0.4 is 9.80 Å². The van der Waals surface area contributed by atoms with Gasteiger partial charge in [0, 0.05) is 19.2 Å². The number of anilines is 2. The summed E-state index contributed by atoms with van der Waals surface area (Å²) < 4.78 is 0. The summed E-state index contributed by atoms with van der Waals surface area (Å²) in [4.78, 5) is 20.8. The molecule has 1 aromatic rings. The van der Waals surface area contributed by atoms with Crippen molar-refractivity contribution < 1.29 is 4.79 Å². The van der Waals surface area contributed by atoms with Crippen LogP contribution in [-0.4, -0.2) is 30.0 Å². The van der Waals surface area contributed by atoms with Gasteiger partial charge in [-0.2, -0.15) is 0 Å². The fraction of sp³-hybridized carbons (Fsp3) is 0.600. The molecule has 1 saturated carbocycles. The summed E-state index contributed by atoms with van der Waals surface area (Å²) in [5.41, 5.74) is 1.93. The minimum Gasteiger partial charge on any atom is -0.355 e. The van der Waals surface area contributed by atoms with Gasteiger partial charge in [0.25, 0.3) is 0 Å². The van der Waals surface area contributed by atoms with Crippen LogP contribution in [0.3, 0.4) is 0 Å². The Kier molecular flexibility index (Phi) is 3.59. The van der Waals surface area contributed by atoms with E-state index in [1.165, 1.54) is 12.8 Å². The molecule has 0 spiro atoms. The van der Waals surface area contributed by atoms with Crippen molar-refractivity contribution in [3.05, 3.63) is 17.4 Å². The Hall–Kier alpha value is -1.29. The number of halogens is 1. The van der Waals surface area contributed by atoms with Gasteiger partial charge in [0.05, 0.1) is 17.6 Å². The van der Waals surface area contributed by atoms with Crippen molar-refractivity contribution in [3.63, 3.8) is 0 Å². The van der Waals surface area contributed by atoms with Gasteiger partial charge in [-0.3, -0.25) is 4.79 Å². The molecule has 1 fully saturated rings. The van der Waals surface area contributed by atoms with Gasteiger partial charge in [0.2, 0.25) is 5.91 Å². The zero-order chi connectivity index (χ0) is 14.3. The fourth-order valence-corrected chi connectivity index (χ4v) is 3.66. The van der Waals surface area contributed by atoms with Crippen molar-refractivity contribution in [1.29, 1.82) is 0 Å². The minimum absolute atomic E-state index is 0.0749. The second-order valence-corrected chi connectivity index (χ2v) is 6.05. The highest BCUT2D eigenvalue weighted by Crippen LogP contribution is 2.41. The Morgan fingerprint density at radius 3 is 2.70 bits per heavy atom. The molecule has 2 heterocycles. The first kappa shape index (κ1) is 13.7. The van der Waals surface area contributed by atoms with Gasteiger partial charge in [0.1, 0.15) is 11.2 Å². The van der Waals surface area contributed by atoms with Crippen LogP contribution in [0.4, 0.5) is 11.4 Å². The third kappa shape index (κ3) is 2.06. The van der Waals surface area contributed by atoms with Crippen molar-refractivity contribution in [3.8, 4) is 0 Å². The predicted molar refractivity (Wildman–Crippen MR) is 81.5 cm³/mol. The summed E-state index contributed by atoms with van der Waals surface area (Å²) in [6.07, 6.45) is 7.34. The van der Waals surface area contributed by atoms with Crippen LogP contribution in [0.1, 0.15) is 39.0 Å². The number of carbonyl (C=O) groups is 1. The number of rotatable bonds is 2. The third-order valence-corrected chi connectivity index (χ3v) is 4.73. The number of carbonyl (C=O) groups excluding carboxylic acids is 1. The lowest BCUT2D eigenvalue weighted by Gasteiger charge is -2.44. The molecule has 20 heavy (non-hydrogen) atoms. The van der Waals surface area contributed by atoms with Crippen LogP contribution >= 0.6 is 11.6 Å². The number of hydrogen-bond acceptors (Lipinski definition) is 3. The van der Waals surface area contributed by atoms with Gasteiger partial charge >= 0.3 is 0 Å². The second kappa shape index (κ2) is 5.24. The van der Waals surface area contributed by atoms with E-state index in [2.05, 4.69) is 16.8 Å². The molecule has 2 aliphatic rings. The molecule has 0 bridgehead atoms. The number of aromatic nitrogens is 1. The summed E-state index contributed by atoms with van der Waals surface area (Å²) in [7, 11) is 1.82. The Labute approximate surface area is 124 Å². The maximum Gasteiger partial charge on any atom is 0.249 e. The minimum atomic E-state index is -0.0749. The maximum atomic E-state index is 12.6. The maximum absolute atomic E-state index is 12.6. The third-order valence-electron chi connectivity index (χ3n) is 4.52. The van der Waals surface area contributed by atoms with Gasteiger partial charge in [-0.1, -0.05) is 31.4 Å². The zero-order valence-corrected chi connectivity index (χ0v) is 12.7. The van der Waals surface area contributed by atoms with Crippen molar-refractivity contribution in [2.24, 2.45) is 0 Å². The summed E-state index contributed by atoms with van der Waals surface area (Å²) in [6, 6.07) is 2.28. The van der Waals surface area contributed by atoms with Crippen LogP contribution in [0.25, 0.3) is 0 Å². The van der Waals surface area contributed by atoms with E-state index in [4.69, 9.17) is 11.6 Å². The van der Waals surface area contributed by atoms with E-state index in [0.717, 1.165) is 30.6 Å². The Balaban J connectivity index is 2.11. The molecule has 0 unspecified atom stereocenters. The summed E-state index contributed by atoms with van der Waals surface area (Å²) in [5.74, 6) is 0.163. The molecule has 0 aromatic carbocycles. The van der Waals surface area contributed by atoms with Gasteiger partial charge in [0.15, 0.2) is 0 Å². The molecule has 4 nitrogen and oxygen atoms in total. The smallest absolute Gasteiger partial charge is 0.249 e. The number of pyridine rings is 1. The SMILES string of the molecule is CC[C@@H]1C(=O)N(C)c2cnc(Cl)cc2N1C1CCCC1. The molecule has 1 aliphatic heterocycles. The van der Waals surface area contributed by atoms with E-state index in [1.54, 1.807) is 11.1 Å². The molecule has 0 N–H and O–H groups in total. The molecule has 3 rings (SSSR count). The molecule has 0 saturated heterocycles. The lowest BCUT2D eigenvalue weighted by molar-refractivity contribution is -0.120. The quantitative estimate of drug-likeness (QED) is 0.786. The zero-order valence-electron chi connectivity index (χ0n) is 12.0. The van der Waals surface area contributed by atoms with Crippen LogP contribution in [0, 0.1) is 0 Å². The van der Waals surface area contributed by atoms with E-state index in [0.29, 0.717) is 11.2 Å².